The van der Waals surface area contributed by atoms with E-state index >= 15 is 0 Å². The first-order chi connectivity index (χ1) is 17.8. The molecule has 3 rings (SSSR count). The van der Waals surface area contributed by atoms with E-state index in [1.165, 1.54) is 6.08 Å². The van der Waals surface area contributed by atoms with Crippen molar-refractivity contribution in [2.45, 2.75) is 36.5 Å². The van der Waals surface area contributed by atoms with E-state index in [0.29, 0.717) is 17.6 Å². The average molecular weight is 542 g/mol. The maximum Gasteiger partial charge on any atom is 0.407 e. The Labute approximate surface area is 222 Å². The molecule has 0 radical (unpaired) electrons. The summed E-state index contributed by atoms with van der Waals surface area (Å²) in [6, 6.07) is 26.2. The normalized spacial score (nSPS) is 13.1. The summed E-state index contributed by atoms with van der Waals surface area (Å²) >= 11 is 1.58. The number of methoxy groups -OCH3 is 1. The Morgan fingerprint density at radius 3 is 2.16 bits per heavy atom. The molecule has 0 saturated heterocycles. The van der Waals surface area contributed by atoms with E-state index in [9.17, 15) is 17.8 Å². The van der Waals surface area contributed by atoms with E-state index in [1.54, 1.807) is 18.9 Å². The van der Waals surface area contributed by atoms with E-state index in [0.717, 1.165) is 28.9 Å². The predicted molar refractivity (Wildman–Crippen MR) is 147 cm³/mol. The molecule has 0 unspecified atom stereocenters. The Morgan fingerprint density at radius 2 is 1.57 bits per heavy atom. The molecular formula is C28H31NO6S2. The summed E-state index contributed by atoms with van der Waals surface area (Å²) in [5.41, 5.74) is 3.01. The maximum atomic E-state index is 12.7. The van der Waals surface area contributed by atoms with E-state index in [1.807, 2.05) is 84.9 Å². The third-order valence-electron chi connectivity index (χ3n) is 5.54. The summed E-state index contributed by atoms with van der Waals surface area (Å²) < 4.78 is 42.9. The van der Waals surface area contributed by atoms with Crippen LogP contribution < -0.4 is 10.1 Å². The zero-order chi connectivity index (χ0) is 26.5. The summed E-state index contributed by atoms with van der Waals surface area (Å²) in [5, 5.41) is 3.28. The van der Waals surface area contributed by atoms with Crippen molar-refractivity contribution in [2.75, 3.05) is 7.11 Å². The fourth-order valence-corrected chi connectivity index (χ4v) is 5.21. The number of nitrogens with one attached hydrogen (secondary N) is 1. The molecular weight excluding hydrogens is 510 g/mol. The van der Waals surface area contributed by atoms with E-state index in [4.69, 9.17) is 9.47 Å². The summed E-state index contributed by atoms with van der Waals surface area (Å²) in [6.45, 7) is 0.0785. The molecule has 1 amide bonds. The number of thioether (sulfide) groups is 1. The molecule has 0 spiro atoms. The third kappa shape index (κ3) is 10.7. The van der Waals surface area contributed by atoms with Crippen LogP contribution in [0.4, 0.5) is 4.79 Å². The Bertz CT molecular complexity index is 1230. The predicted octanol–water partition coefficient (Wildman–Crippen LogP) is 5.63. The van der Waals surface area contributed by atoms with Gasteiger partial charge in [-0.1, -0.05) is 72.8 Å². The minimum Gasteiger partial charge on any atom is -0.497 e. The summed E-state index contributed by atoms with van der Waals surface area (Å²) in [4.78, 5) is 12.7. The average Bonchev–Trinajstić information content (AvgIpc) is 2.91. The van der Waals surface area contributed by atoms with Gasteiger partial charge < -0.3 is 14.8 Å². The highest BCUT2D eigenvalue weighted by Crippen LogP contribution is 2.27. The number of aryl methyl sites for hydroxylation is 1. The minimum absolute atomic E-state index is 0.0785. The summed E-state index contributed by atoms with van der Waals surface area (Å²) in [5.74, 6) is 1.38. The zero-order valence-electron chi connectivity index (χ0n) is 20.5. The summed E-state index contributed by atoms with van der Waals surface area (Å²) in [6.07, 6.45) is 1.99. The van der Waals surface area contributed by atoms with Gasteiger partial charge in [0.05, 0.1) is 18.6 Å². The van der Waals surface area contributed by atoms with Gasteiger partial charge in [-0.2, -0.15) is 20.2 Å². The number of amides is 1. The molecule has 0 aliphatic heterocycles. The van der Waals surface area contributed by atoms with Crippen LogP contribution >= 0.6 is 11.8 Å². The van der Waals surface area contributed by atoms with Crippen molar-refractivity contribution in [1.82, 2.24) is 5.32 Å². The molecule has 3 aromatic rings. The first-order valence-electron chi connectivity index (χ1n) is 11.7. The first-order valence-corrected chi connectivity index (χ1v) is 14.3. The van der Waals surface area contributed by atoms with Crippen molar-refractivity contribution in [2.24, 2.45) is 0 Å². The van der Waals surface area contributed by atoms with Crippen LogP contribution in [-0.2, 0) is 33.6 Å². The molecule has 0 aliphatic rings. The second-order valence-electron chi connectivity index (χ2n) is 8.30. The van der Waals surface area contributed by atoms with E-state index in [2.05, 4.69) is 5.32 Å². The zero-order valence-corrected chi connectivity index (χ0v) is 22.2. The molecule has 0 aliphatic carbocycles. The van der Waals surface area contributed by atoms with Crippen LogP contribution in [0, 0.1) is 0 Å². The highest BCUT2D eigenvalue weighted by Gasteiger charge is 2.23. The molecule has 0 heterocycles. The minimum atomic E-state index is -4.38. The van der Waals surface area contributed by atoms with Crippen molar-refractivity contribution >= 4 is 28.0 Å². The lowest BCUT2D eigenvalue weighted by molar-refractivity contribution is 0.137. The van der Waals surface area contributed by atoms with E-state index < -0.39 is 22.3 Å². The van der Waals surface area contributed by atoms with Gasteiger partial charge in [-0.3, -0.25) is 4.55 Å². The van der Waals surface area contributed by atoms with Gasteiger partial charge in [0.25, 0.3) is 10.1 Å². The highest BCUT2D eigenvalue weighted by molar-refractivity contribution is 7.99. The van der Waals surface area contributed by atoms with Crippen molar-refractivity contribution in [3.63, 3.8) is 0 Å². The van der Waals surface area contributed by atoms with Crippen LogP contribution in [0.2, 0.25) is 0 Å². The van der Waals surface area contributed by atoms with Crippen LogP contribution in [0.1, 0.15) is 23.1 Å². The Kier molecular flexibility index (Phi) is 11.1. The summed E-state index contributed by atoms with van der Waals surface area (Å²) in [7, 11) is -2.77. The lowest BCUT2D eigenvalue weighted by atomic mass is 10.0. The largest absolute Gasteiger partial charge is 0.497 e. The molecule has 0 fully saturated rings. The second kappa shape index (κ2) is 14.5. The second-order valence-corrected chi connectivity index (χ2v) is 10.8. The van der Waals surface area contributed by atoms with Gasteiger partial charge in [0.2, 0.25) is 0 Å². The fourth-order valence-electron chi connectivity index (χ4n) is 3.59. The van der Waals surface area contributed by atoms with Crippen LogP contribution in [-0.4, -0.2) is 37.5 Å². The monoisotopic (exact) mass is 541 g/mol. The molecule has 196 valence electrons. The topological polar surface area (TPSA) is 102 Å². The number of hydrogen-bond donors (Lipinski definition) is 2. The van der Waals surface area contributed by atoms with Crippen LogP contribution in [0.3, 0.4) is 0 Å². The molecule has 0 saturated carbocycles. The van der Waals surface area contributed by atoms with Crippen LogP contribution in [0.15, 0.2) is 96.4 Å². The van der Waals surface area contributed by atoms with Crippen LogP contribution in [0.5, 0.6) is 5.75 Å². The first kappa shape index (κ1) is 28.3. The Morgan fingerprint density at radius 1 is 0.946 bits per heavy atom. The van der Waals surface area contributed by atoms with Gasteiger partial charge in [0.1, 0.15) is 12.4 Å². The molecule has 0 bridgehead atoms. The van der Waals surface area contributed by atoms with Crippen molar-refractivity contribution in [3.8, 4) is 5.75 Å². The van der Waals surface area contributed by atoms with Crippen LogP contribution in [0.25, 0.3) is 0 Å². The Balaban J connectivity index is 1.76. The van der Waals surface area contributed by atoms with Crippen molar-refractivity contribution in [1.29, 1.82) is 0 Å². The molecule has 2 N–H and O–H groups in total. The third-order valence-corrected chi connectivity index (χ3v) is 7.50. The van der Waals surface area contributed by atoms with Crippen molar-refractivity contribution in [3.05, 3.63) is 113 Å². The molecule has 2 atom stereocenters. The van der Waals surface area contributed by atoms with Gasteiger partial charge >= 0.3 is 6.09 Å². The number of carbonyl (C=O) groups is 1. The lowest BCUT2D eigenvalue weighted by Crippen LogP contribution is -2.41. The van der Waals surface area contributed by atoms with E-state index in [-0.39, 0.29) is 11.9 Å². The molecule has 3 aromatic carbocycles. The van der Waals surface area contributed by atoms with Gasteiger partial charge in [0.15, 0.2) is 0 Å². The lowest BCUT2D eigenvalue weighted by Gasteiger charge is -2.25. The van der Waals surface area contributed by atoms with Gasteiger partial charge in [-0.25, -0.2) is 4.79 Å². The number of hydrogen-bond acceptors (Lipinski definition) is 6. The molecule has 0 aromatic heterocycles. The SMILES string of the molecule is COc1ccc(CS[C@H](CCc2ccccc2)[C@@H](/C=C/S(=O)(=O)O)NC(=O)OCc2ccccc2)cc1. The molecule has 9 heteroatoms. The van der Waals surface area contributed by atoms with Crippen molar-refractivity contribution < 1.29 is 27.2 Å². The van der Waals surface area contributed by atoms with Gasteiger partial charge in [-0.05, 0) is 47.7 Å². The fraction of sp³-hybridized carbons (Fsp3) is 0.250. The smallest absolute Gasteiger partial charge is 0.407 e. The number of ether oxygens (including phenoxy) is 2. The van der Waals surface area contributed by atoms with Gasteiger partial charge in [0, 0.05) is 11.0 Å². The molecule has 7 nitrogen and oxygen atoms in total. The maximum absolute atomic E-state index is 12.7. The molecule has 37 heavy (non-hydrogen) atoms. The standard InChI is InChI=1S/C28H31NO6S2/c1-34-25-15-12-24(13-16-25)21-36-27(17-14-22-8-4-2-5-9-22)26(18-19-37(31,32)33)29-28(30)35-20-23-10-6-3-7-11-23/h2-13,15-16,18-19,26-27H,14,17,20-21H2,1H3,(H,29,30)(H,31,32,33)/b19-18+/t26-,27-/m1/s1. The Hall–Kier alpha value is -3.27. The number of carbonyl (C=O) groups excluding carboxylic acids is 1. The number of alkyl carbamates (subject to hydrolysis) is 1. The highest BCUT2D eigenvalue weighted by atomic mass is 32.2. The number of benzene rings is 3. The number of rotatable bonds is 13. The quantitative estimate of drug-likeness (QED) is 0.271. The van der Waals surface area contributed by atoms with Gasteiger partial charge in [-0.15, -0.1) is 0 Å².